The van der Waals surface area contributed by atoms with E-state index in [1.165, 1.54) is 12.8 Å². The van der Waals surface area contributed by atoms with Crippen LogP contribution in [-0.4, -0.2) is 14.8 Å². The molecule has 1 aliphatic rings. The third-order valence-electron chi connectivity index (χ3n) is 2.93. The lowest BCUT2D eigenvalue weighted by Crippen LogP contribution is -2.21. The predicted molar refractivity (Wildman–Crippen MR) is 65.2 cm³/mol. The van der Waals surface area contributed by atoms with Crippen LogP contribution in [0.2, 0.25) is 0 Å². The fourth-order valence-corrected chi connectivity index (χ4v) is 2.40. The molecule has 0 spiro atoms. The minimum atomic E-state index is -0.0589. The second kappa shape index (κ2) is 3.35. The molecule has 0 saturated heterocycles. The number of nitrogen functional groups attached to an aromatic ring is 1. The van der Waals surface area contributed by atoms with Gasteiger partial charge in [-0.1, -0.05) is 0 Å². The lowest BCUT2D eigenvalue weighted by Gasteiger charge is -2.05. The van der Waals surface area contributed by atoms with Gasteiger partial charge in [-0.25, -0.2) is 0 Å². The molecule has 1 fully saturated rings. The van der Waals surface area contributed by atoms with Crippen molar-refractivity contribution in [1.82, 2.24) is 14.8 Å². The second-order valence-corrected chi connectivity index (χ2v) is 5.09. The summed E-state index contributed by atoms with van der Waals surface area (Å²) in [5.74, 6) is 0.918. The highest BCUT2D eigenvalue weighted by molar-refractivity contribution is 9.10. The van der Waals surface area contributed by atoms with E-state index in [1.54, 1.807) is 10.8 Å². The normalized spacial score (nSPS) is 15.8. The van der Waals surface area contributed by atoms with Gasteiger partial charge in [0, 0.05) is 12.7 Å². The number of fused-ring (bicyclic) bond motifs is 1. The molecule has 5 nitrogen and oxygen atoms in total. The number of nitrogens with two attached hydrogens (primary N) is 1. The average Bonchev–Trinajstić information content (AvgIpc) is 2.96. The smallest absolute Gasteiger partial charge is 0.263 e. The number of hydrogen-bond acceptors (Lipinski definition) is 3. The third kappa shape index (κ3) is 1.44. The summed E-state index contributed by atoms with van der Waals surface area (Å²) in [7, 11) is 0. The summed E-state index contributed by atoms with van der Waals surface area (Å²) in [6, 6.07) is 0. The summed E-state index contributed by atoms with van der Waals surface area (Å²) in [5, 5.41) is 7.10. The minimum absolute atomic E-state index is 0.0589. The van der Waals surface area contributed by atoms with Crippen molar-refractivity contribution in [3.05, 3.63) is 21.0 Å². The summed E-state index contributed by atoms with van der Waals surface area (Å²) in [6.45, 7) is 0.776. The summed E-state index contributed by atoms with van der Waals surface area (Å²) < 4.78 is 2.54. The van der Waals surface area contributed by atoms with Crippen molar-refractivity contribution < 1.29 is 0 Å². The molecule has 2 heterocycles. The lowest BCUT2D eigenvalue weighted by molar-refractivity contribution is 0.609. The third-order valence-corrected chi connectivity index (χ3v) is 3.53. The first-order chi connectivity index (χ1) is 7.66. The van der Waals surface area contributed by atoms with Crippen LogP contribution in [0.1, 0.15) is 12.8 Å². The monoisotopic (exact) mass is 282 g/mol. The highest BCUT2D eigenvalue weighted by Gasteiger charge is 2.23. The maximum atomic E-state index is 12.1. The van der Waals surface area contributed by atoms with Crippen molar-refractivity contribution in [2.24, 2.45) is 5.92 Å². The number of halogens is 1. The largest absolute Gasteiger partial charge is 0.382 e. The summed E-state index contributed by atoms with van der Waals surface area (Å²) in [6.07, 6.45) is 4.23. The van der Waals surface area contributed by atoms with Crippen molar-refractivity contribution >= 4 is 32.7 Å². The van der Waals surface area contributed by atoms with Gasteiger partial charge < -0.3 is 10.3 Å². The van der Waals surface area contributed by atoms with E-state index in [-0.39, 0.29) is 11.4 Å². The van der Waals surface area contributed by atoms with Gasteiger partial charge in [-0.05, 0) is 34.7 Å². The van der Waals surface area contributed by atoms with Crippen LogP contribution in [0, 0.1) is 5.92 Å². The van der Waals surface area contributed by atoms with Crippen LogP contribution in [0.5, 0.6) is 0 Å². The number of nitrogens with zero attached hydrogens (tertiary/aromatic N) is 2. The van der Waals surface area contributed by atoms with Crippen molar-refractivity contribution in [2.75, 3.05) is 5.73 Å². The molecule has 0 amide bonds. The second-order valence-electron chi connectivity index (χ2n) is 4.24. The fraction of sp³-hybridized carbons (Fsp3) is 0.400. The number of pyridine rings is 1. The molecule has 3 N–H and O–H groups in total. The van der Waals surface area contributed by atoms with Crippen molar-refractivity contribution in [2.45, 2.75) is 19.4 Å². The van der Waals surface area contributed by atoms with Gasteiger partial charge in [-0.15, -0.1) is 0 Å². The Bertz CT molecular complexity index is 611. The Morgan fingerprint density at radius 3 is 3.06 bits per heavy atom. The molecule has 16 heavy (non-hydrogen) atoms. The zero-order valence-corrected chi connectivity index (χ0v) is 10.1. The Balaban J connectivity index is 2.25. The zero-order valence-electron chi connectivity index (χ0n) is 8.53. The Morgan fingerprint density at radius 1 is 1.62 bits per heavy atom. The molecule has 2 aromatic heterocycles. The van der Waals surface area contributed by atoms with Crippen molar-refractivity contribution in [3.8, 4) is 0 Å². The van der Waals surface area contributed by atoms with Crippen LogP contribution in [0.3, 0.4) is 0 Å². The van der Waals surface area contributed by atoms with Crippen LogP contribution in [0.15, 0.2) is 15.5 Å². The Hall–Kier alpha value is -1.30. The molecule has 3 rings (SSSR count). The van der Waals surface area contributed by atoms with Crippen LogP contribution in [0.4, 0.5) is 5.82 Å². The van der Waals surface area contributed by atoms with Gasteiger partial charge in [0.15, 0.2) is 5.82 Å². The molecular weight excluding hydrogens is 272 g/mol. The van der Waals surface area contributed by atoms with Gasteiger partial charge in [-0.2, -0.15) is 5.10 Å². The molecule has 0 aliphatic heterocycles. The molecular formula is C10H11BrN4O. The van der Waals surface area contributed by atoms with Gasteiger partial charge in [0.05, 0.1) is 9.99 Å². The van der Waals surface area contributed by atoms with Crippen LogP contribution in [0.25, 0.3) is 10.9 Å². The highest BCUT2D eigenvalue weighted by atomic mass is 79.9. The molecule has 0 atom stereocenters. The minimum Gasteiger partial charge on any atom is -0.382 e. The number of H-pyrrole nitrogens is 1. The molecule has 0 unspecified atom stereocenters. The van der Waals surface area contributed by atoms with Crippen molar-refractivity contribution in [1.29, 1.82) is 0 Å². The molecule has 84 valence electrons. The Morgan fingerprint density at radius 2 is 2.38 bits per heavy atom. The van der Waals surface area contributed by atoms with E-state index in [4.69, 9.17) is 5.73 Å². The van der Waals surface area contributed by atoms with E-state index < -0.39 is 0 Å². The number of anilines is 1. The maximum Gasteiger partial charge on any atom is 0.263 e. The maximum absolute atomic E-state index is 12.1. The summed E-state index contributed by atoms with van der Waals surface area (Å²) in [5.41, 5.74) is 6.30. The van der Waals surface area contributed by atoms with Gasteiger partial charge in [0.2, 0.25) is 0 Å². The summed E-state index contributed by atoms with van der Waals surface area (Å²) >= 11 is 3.42. The van der Waals surface area contributed by atoms with E-state index in [1.807, 2.05) is 0 Å². The van der Waals surface area contributed by atoms with Crippen LogP contribution < -0.4 is 11.3 Å². The average molecular weight is 283 g/mol. The van der Waals surface area contributed by atoms with Gasteiger partial charge in [0.25, 0.3) is 5.56 Å². The number of aromatic nitrogens is 3. The molecule has 1 saturated carbocycles. The van der Waals surface area contributed by atoms with E-state index in [0.717, 1.165) is 11.0 Å². The zero-order chi connectivity index (χ0) is 11.3. The lowest BCUT2D eigenvalue weighted by atomic mass is 10.3. The van der Waals surface area contributed by atoms with Crippen molar-refractivity contribution in [3.63, 3.8) is 0 Å². The van der Waals surface area contributed by atoms with Gasteiger partial charge in [-0.3, -0.25) is 9.89 Å². The van der Waals surface area contributed by atoms with Crippen LogP contribution >= 0.6 is 15.9 Å². The molecule has 1 aliphatic carbocycles. The highest BCUT2D eigenvalue weighted by Crippen LogP contribution is 2.31. The van der Waals surface area contributed by atoms with E-state index in [2.05, 4.69) is 26.1 Å². The van der Waals surface area contributed by atoms with E-state index in [9.17, 15) is 4.79 Å². The molecule has 0 radical (unpaired) electrons. The quantitative estimate of drug-likeness (QED) is 0.876. The van der Waals surface area contributed by atoms with Crippen LogP contribution in [-0.2, 0) is 6.54 Å². The first-order valence-corrected chi connectivity index (χ1v) is 5.98. The standard InChI is InChI=1S/C10H11BrN4O/c11-6-4-15(3-5-1-2-5)10(16)7-8(6)13-14-9(7)12/h4-5H,1-3H2,(H3,12,13,14). The fourth-order valence-electron chi connectivity index (χ4n) is 1.86. The first-order valence-electron chi connectivity index (χ1n) is 5.19. The molecule has 0 bridgehead atoms. The molecule has 6 heteroatoms. The number of nitrogens with one attached hydrogen (secondary N) is 1. The topological polar surface area (TPSA) is 76.7 Å². The Labute approximate surface area is 99.8 Å². The molecule has 0 aromatic carbocycles. The molecule has 2 aromatic rings. The van der Waals surface area contributed by atoms with Gasteiger partial charge >= 0.3 is 0 Å². The number of aromatic amines is 1. The number of hydrogen-bond donors (Lipinski definition) is 2. The first kappa shape index (κ1) is 9.89. The number of rotatable bonds is 2. The Kier molecular flexibility index (Phi) is 2.07. The van der Waals surface area contributed by atoms with E-state index in [0.29, 0.717) is 16.8 Å². The predicted octanol–water partition coefficient (Wildman–Crippen LogP) is 1.48. The van der Waals surface area contributed by atoms with E-state index >= 15 is 0 Å². The SMILES string of the molecule is Nc1n[nH]c2c(Br)cn(CC3CC3)c(=O)c12. The summed E-state index contributed by atoms with van der Waals surface area (Å²) in [4.78, 5) is 12.1. The van der Waals surface area contributed by atoms with Gasteiger partial charge in [0.1, 0.15) is 5.39 Å².